The van der Waals surface area contributed by atoms with Gasteiger partial charge in [0.25, 0.3) is 0 Å². The van der Waals surface area contributed by atoms with Crippen LogP contribution in [0.25, 0.3) is 0 Å². The van der Waals surface area contributed by atoms with Crippen LogP contribution >= 0.6 is 0 Å². The monoisotopic (exact) mass is 185 g/mol. The van der Waals surface area contributed by atoms with Crippen molar-refractivity contribution in [3.8, 4) is 0 Å². The van der Waals surface area contributed by atoms with Gasteiger partial charge in [-0.25, -0.2) is 0 Å². The van der Waals surface area contributed by atoms with Crippen LogP contribution in [0, 0.1) is 5.41 Å². The van der Waals surface area contributed by atoms with Crippen LogP contribution in [0.4, 0.5) is 0 Å². The Bertz CT molecular complexity index is 247. The molecule has 0 aliphatic carbocycles. The summed E-state index contributed by atoms with van der Waals surface area (Å²) in [6.07, 6.45) is 0.155. The minimum atomic E-state index is -1.40. The fraction of sp³-hybridized carbons (Fsp3) is 0.556. The molecule has 74 valence electrons. The summed E-state index contributed by atoms with van der Waals surface area (Å²) in [7, 11) is 1.42. The van der Waals surface area contributed by atoms with Crippen molar-refractivity contribution in [3.05, 3.63) is 12.2 Å². The van der Waals surface area contributed by atoms with Crippen molar-refractivity contribution in [1.29, 1.82) is 0 Å². The van der Waals surface area contributed by atoms with E-state index in [9.17, 15) is 9.59 Å². The number of allylic oxidation sites excluding steroid dienone is 1. The molecule has 0 heterocycles. The molecule has 4 nitrogen and oxygen atoms in total. The molecule has 0 rings (SSSR count). The molecular weight excluding hydrogens is 170 g/mol. The van der Waals surface area contributed by atoms with Gasteiger partial charge in [-0.1, -0.05) is 5.57 Å². The number of aliphatic carboxylic acids is 1. The van der Waals surface area contributed by atoms with E-state index in [1.54, 1.807) is 6.92 Å². The Morgan fingerprint density at radius 2 is 2.00 bits per heavy atom. The van der Waals surface area contributed by atoms with Gasteiger partial charge in [0, 0.05) is 7.05 Å². The zero-order chi connectivity index (χ0) is 10.6. The van der Waals surface area contributed by atoms with Gasteiger partial charge in [-0.05, 0) is 20.3 Å². The zero-order valence-electron chi connectivity index (χ0n) is 8.18. The summed E-state index contributed by atoms with van der Waals surface area (Å²) in [6, 6.07) is 0. The molecule has 1 unspecified atom stereocenters. The molecule has 0 aromatic carbocycles. The van der Waals surface area contributed by atoms with Crippen molar-refractivity contribution in [1.82, 2.24) is 5.32 Å². The van der Waals surface area contributed by atoms with Crippen molar-refractivity contribution in [2.45, 2.75) is 20.3 Å². The Balaban J connectivity index is 4.83. The highest BCUT2D eigenvalue weighted by atomic mass is 16.4. The van der Waals surface area contributed by atoms with Gasteiger partial charge in [-0.15, -0.1) is 6.58 Å². The number of carbonyl (C=O) groups excluding carboxylic acids is 1. The third kappa shape index (κ3) is 2.57. The van der Waals surface area contributed by atoms with E-state index in [1.165, 1.54) is 14.0 Å². The summed E-state index contributed by atoms with van der Waals surface area (Å²) in [4.78, 5) is 22.1. The van der Waals surface area contributed by atoms with Gasteiger partial charge in [0.15, 0.2) is 0 Å². The molecule has 0 aromatic rings. The lowest BCUT2D eigenvalue weighted by atomic mass is 9.83. The summed E-state index contributed by atoms with van der Waals surface area (Å²) >= 11 is 0. The Morgan fingerprint density at radius 3 is 2.23 bits per heavy atom. The Morgan fingerprint density at radius 1 is 1.54 bits per heavy atom. The molecule has 0 aromatic heterocycles. The van der Waals surface area contributed by atoms with E-state index < -0.39 is 17.3 Å². The summed E-state index contributed by atoms with van der Waals surface area (Å²) < 4.78 is 0. The van der Waals surface area contributed by atoms with E-state index in [1.807, 2.05) is 0 Å². The van der Waals surface area contributed by atoms with Crippen LogP contribution in [-0.4, -0.2) is 24.0 Å². The number of hydrogen-bond donors (Lipinski definition) is 2. The quantitative estimate of drug-likeness (QED) is 0.502. The molecule has 0 saturated carbocycles. The second-order valence-corrected chi connectivity index (χ2v) is 3.35. The van der Waals surface area contributed by atoms with Crippen LogP contribution in [0.5, 0.6) is 0 Å². The standard InChI is InChI=1S/C9H15NO3/c1-6(2)5-9(3,8(12)13)7(11)10-4/h1,5H2,2-4H3,(H,10,11)(H,12,13). The second-order valence-electron chi connectivity index (χ2n) is 3.35. The van der Waals surface area contributed by atoms with Crippen LogP contribution in [-0.2, 0) is 9.59 Å². The summed E-state index contributed by atoms with van der Waals surface area (Å²) in [5, 5.41) is 11.2. The average molecular weight is 185 g/mol. The van der Waals surface area contributed by atoms with Gasteiger partial charge in [-0.3, -0.25) is 9.59 Å². The van der Waals surface area contributed by atoms with Gasteiger partial charge in [0.05, 0.1) is 0 Å². The van der Waals surface area contributed by atoms with Crippen LogP contribution in [0.3, 0.4) is 0 Å². The summed E-state index contributed by atoms with van der Waals surface area (Å²) in [6.45, 7) is 6.69. The number of carboxylic acids is 1. The van der Waals surface area contributed by atoms with E-state index >= 15 is 0 Å². The predicted molar refractivity (Wildman–Crippen MR) is 49.2 cm³/mol. The molecule has 0 aliphatic rings. The van der Waals surface area contributed by atoms with Crippen LogP contribution in [0.1, 0.15) is 20.3 Å². The Kier molecular flexibility index (Phi) is 3.66. The first kappa shape index (κ1) is 11.7. The lowest BCUT2D eigenvalue weighted by Gasteiger charge is -2.22. The lowest BCUT2D eigenvalue weighted by molar-refractivity contribution is -0.154. The predicted octanol–water partition coefficient (Wildman–Crippen LogP) is 0.790. The highest BCUT2D eigenvalue weighted by Crippen LogP contribution is 2.25. The van der Waals surface area contributed by atoms with Crippen LogP contribution in [0.15, 0.2) is 12.2 Å². The third-order valence-electron chi connectivity index (χ3n) is 1.86. The van der Waals surface area contributed by atoms with Crippen molar-refractivity contribution in [3.63, 3.8) is 0 Å². The maximum Gasteiger partial charge on any atom is 0.319 e. The van der Waals surface area contributed by atoms with Gasteiger partial charge in [0.2, 0.25) is 5.91 Å². The van der Waals surface area contributed by atoms with E-state index in [-0.39, 0.29) is 6.42 Å². The molecule has 0 aliphatic heterocycles. The molecule has 0 fully saturated rings. The van der Waals surface area contributed by atoms with Crippen molar-refractivity contribution < 1.29 is 14.7 Å². The molecule has 0 bridgehead atoms. The average Bonchev–Trinajstić information content (AvgIpc) is 2.01. The molecule has 1 atom stereocenters. The topological polar surface area (TPSA) is 66.4 Å². The summed E-state index contributed by atoms with van der Waals surface area (Å²) in [5.74, 6) is -1.63. The largest absolute Gasteiger partial charge is 0.480 e. The van der Waals surface area contributed by atoms with Crippen molar-refractivity contribution >= 4 is 11.9 Å². The van der Waals surface area contributed by atoms with Gasteiger partial charge in [0.1, 0.15) is 5.41 Å². The van der Waals surface area contributed by atoms with Crippen LogP contribution in [0.2, 0.25) is 0 Å². The first-order valence-electron chi connectivity index (χ1n) is 3.94. The first-order chi connectivity index (χ1) is 5.84. The maximum absolute atomic E-state index is 11.3. The SMILES string of the molecule is C=C(C)CC(C)(C(=O)O)C(=O)NC. The number of carboxylic acid groups (broad SMARTS) is 1. The number of rotatable bonds is 4. The normalized spacial score (nSPS) is 14.4. The van der Waals surface area contributed by atoms with E-state index in [4.69, 9.17) is 5.11 Å². The third-order valence-corrected chi connectivity index (χ3v) is 1.86. The number of nitrogens with one attached hydrogen (secondary N) is 1. The van der Waals surface area contributed by atoms with Crippen molar-refractivity contribution in [2.24, 2.45) is 5.41 Å². The minimum absolute atomic E-state index is 0.155. The molecule has 0 saturated heterocycles. The molecule has 2 N–H and O–H groups in total. The Labute approximate surface area is 77.6 Å². The zero-order valence-corrected chi connectivity index (χ0v) is 8.18. The minimum Gasteiger partial charge on any atom is -0.480 e. The molecule has 0 radical (unpaired) electrons. The molecule has 4 heteroatoms. The van der Waals surface area contributed by atoms with Crippen molar-refractivity contribution in [2.75, 3.05) is 7.05 Å². The molecule has 0 spiro atoms. The van der Waals surface area contributed by atoms with Gasteiger partial charge in [-0.2, -0.15) is 0 Å². The number of amides is 1. The van der Waals surface area contributed by atoms with E-state index in [0.717, 1.165) is 0 Å². The number of hydrogen-bond acceptors (Lipinski definition) is 2. The Hall–Kier alpha value is -1.32. The first-order valence-corrected chi connectivity index (χ1v) is 3.94. The number of carbonyl (C=O) groups is 2. The van der Waals surface area contributed by atoms with Gasteiger partial charge < -0.3 is 10.4 Å². The second kappa shape index (κ2) is 4.07. The fourth-order valence-corrected chi connectivity index (χ4v) is 1.13. The highest BCUT2D eigenvalue weighted by molar-refractivity contribution is 6.01. The fourth-order valence-electron chi connectivity index (χ4n) is 1.13. The lowest BCUT2D eigenvalue weighted by Crippen LogP contribution is -2.43. The van der Waals surface area contributed by atoms with E-state index in [0.29, 0.717) is 5.57 Å². The van der Waals surface area contributed by atoms with Crippen LogP contribution < -0.4 is 5.32 Å². The maximum atomic E-state index is 11.3. The molecule has 1 amide bonds. The smallest absolute Gasteiger partial charge is 0.319 e. The summed E-state index contributed by atoms with van der Waals surface area (Å²) in [5.41, 5.74) is -0.728. The molecule has 13 heavy (non-hydrogen) atoms. The van der Waals surface area contributed by atoms with Gasteiger partial charge >= 0.3 is 5.97 Å². The van der Waals surface area contributed by atoms with E-state index in [2.05, 4.69) is 11.9 Å². The highest BCUT2D eigenvalue weighted by Gasteiger charge is 2.40. The molecular formula is C9H15NO3.